The summed E-state index contributed by atoms with van der Waals surface area (Å²) in [6.07, 6.45) is 4.89. The maximum Gasteiger partial charge on any atom is 0.270 e. The van der Waals surface area contributed by atoms with Gasteiger partial charge in [-0.1, -0.05) is 35.5 Å². The van der Waals surface area contributed by atoms with E-state index in [0.29, 0.717) is 41.5 Å². The van der Waals surface area contributed by atoms with Crippen molar-refractivity contribution in [1.82, 2.24) is 4.90 Å². The first-order valence-electron chi connectivity index (χ1n) is 10.9. The number of likely N-dealkylation sites (tertiary alicyclic amines) is 1. The van der Waals surface area contributed by atoms with Crippen LogP contribution in [0, 0.1) is 0 Å². The van der Waals surface area contributed by atoms with E-state index in [2.05, 4.69) is 5.16 Å². The number of anilines is 1. The van der Waals surface area contributed by atoms with E-state index >= 15 is 0 Å². The molecule has 0 spiro atoms. The van der Waals surface area contributed by atoms with Gasteiger partial charge in [-0.2, -0.15) is 0 Å². The molecule has 0 bridgehead atoms. The Bertz CT molecular complexity index is 1060. The Kier molecular flexibility index (Phi) is 6.92. The molecular weight excluding hydrogens is 422 g/mol. The van der Waals surface area contributed by atoms with E-state index in [9.17, 15) is 9.59 Å². The van der Waals surface area contributed by atoms with Gasteiger partial charge in [-0.3, -0.25) is 14.5 Å². The van der Waals surface area contributed by atoms with Gasteiger partial charge in [0.1, 0.15) is 6.34 Å². The Morgan fingerprint density at radius 1 is 1.00 bits per heavy atom. The number of ether oxygens (including phenoxy) is 2. The maximum absolute atomic E-state index is 13.7. The predicted octanol–water partition coefficient (Wildman–Crippen LogP) is 3.63. The SMILES string of the molecule is COc1ccc(N2C=NOC2C(=O)/C(=C\C(=O)c2ccccc2)N2CCCCC2)cc1OC. The molecule has 33 heavy (non-hydrogen) atoms. The van der Waals surface area contributed by atoms with E-state index in [0.717, 1.165) is 19.3 Å². The maximum atomic E-state index is 13.7. The lowest BCUT2D eigenvalue weighted by molar-refractivity contribution is -0.126. The summed E-state index contributed by atoms with van der Waals surface area (Å²) in [5, 5.41) is 3.88. The van der Waals surface area contributed by atoms with E-state index in [1.807, 2.05) is 11.0 Å². The molecule has 2 aromatic carbocycles. The topological polar surface area (TPSA) is 80.7 Å². The Balaban J connectivity index is 1.65. The van der Waals surface area contributed by atoms with Crippen molar-refractivity contribution >= 4 is 23.6 Å². The molecule has 1 atom stereocenters. The second kappa shape index (κ2) is 10.2. The van der Waals surface area contributed by atoms with Crippen LogP contribution in [0.5, 0.6) is 11.5 Å². The first-order chi connectivity index (χ1) is 16.1. The van der Waals surface area contributed by atoms with Crippen molar-refractivity contribution in [2.75, 3.05) is 32.2 Å². The number of piperidine rings is 1. The zero-order valence-corrected chi connectivity index (χ0v) is 18.8. The van der Waals surface area contributed by atoms with Gasteiger partial charge >= 0.3 is 0 Å². The molecule has 2 aliphatic heterocycles. The summed E-state index contributed by atoms with van der Waals surface area (Å²) in [6.45, 7) is 1.42. The van der Waals surface area contributed by atoms with Crippen molar-refractivity contribution in [2.24, 2.45) is 5.16 Å². The van der Waals surface area contributed by atoms with Crippen LogP contribution in [0.4, 0.5) is 5.69 Å². The van der Waals surface area contributed by atoms with Crippen molar-refractivity contribution in [2.45, 2.75) is 25.5 Å². The van der Waals surface area contributed by atoms with Crippen LogP contribution >= 0.6 is 0 Å². The molecular formula is C25H27N3O5. The molecule has 2 aliphatic rings. The summed E-state index contributed by atoms with van der Waals surface area (Å²) in [7, 11) is 3.11. The standard InChI is InChI=1S/C25H27N3O5/c1-31-22-12-11-19(15-23(22)32-2)28-17-26-33-25(28)24(30)20(27-13-7-4-8-14-27)16-21(29)18-9-5-3-6-10-18/h3,5-6,9-12,15-17,25H,4,7-8,13-14H2,1-2H3/b20-16+. The Labute approximate surface area is 193 Å². The van der Waals surface area contributed by atoms with Gasteiger partial charge in [0.05, 0.1) is 25.6 Å². The summed E-state index contributed by atoms with van der Waals surface area (Å²) >= 11 is 0. The smallest absolute Gasteiger partial charge is 0.270 e. The minimum atomic E-state index is -1.03. The Morgan fingerprint density at radius 3 is 2.42 bits per heavy atom. The largest absolute Gasteiger partial charge is 0.493 e. The number of hydrogen-bond donors (Lipinski definition) is 0. The first kappa shape index (κ1) is 22.4. The summed E-state index contributed by atoms with van der Waals surface area (Å²) in [5.74, 6) is 0.547. The third-order valence-electron chi connectivity index (χ3n) is 5.75. The number of carbonyl (C=O) groups is 2. The van der Waals surface area contributed by atoms with Crippen LogP contribution in [0.15, 0.2) is 65.5 Å². The van der Waals surface area contributed by atoms with E-state index in [1.54, 1.807) is 61.6 Å². The molecule has 0 amide bonds. The van der Waals surface area contributed by atoms with Crippen LogP contribution in [-0.4, -0.2) is 56.3 Å². The quantitative estimate of drug-likeness (QED) is 0.450. The van der Waals surface area contributed by atoms with Crippen molar-refractivity contribution < 1.29 is 23.9 Å². The molecule has 1 saturated heterocycles. The highest BCUT2D eigenvalue weighted by Gasteiger charge is 2.36. The van der Waals surface area contributed by atoms with Crippen LogP contribution in [0.25, 0.3) is 0 Å². The van der Waals surface area contributed by atoms with Crippen LogP contribution in [0.2, 0.25) is 0 Å². The molecule has 1 unspecified atom stereocenters. The van der Waals surface area contributed by atoms with Gasteiger partial charge in [0.2, 0.25) is 5.78 Å². The molecule has 0 N–H and O–H groups in total. The molecule has 2 aromatic rings. The predicted molar refractivity (Wildman–Crippen MR) is 125 cm³/mol. The highest BCUT2D eigenvalue weighted by molar-refractivity contribution is 6.12. The summed E-state index contributed by atoms with van der Waals surface area (Å²) < 4.78 is 10.7. The van der Waals surface area contributed by atoms with Crippen LogP contribution < -0.4 is 14.4 Å². The number of carbonyl (C=O) groups excluding carboxylic acids is 2. The van der Waals surface area contributed by atoms with Crippen molar-refractivity contribution in [3.8, 4) is 11.5 Å². The molecule has 0 saturated carbocycles. The Morgan fingerprint density at radius 2 is 1.73 bits per heavy atom. The van der Waals surface area contributed by atoms with Gasteiger partial charge in [-0.25, -0.2) is 0 Å². The Hall–Kier alpha value is -3.81. The number of Topliss-reactive ketones (excluding diaryl/α,β-unsaturated/α-hetero) is 1. The average molecular weight is 450 g/mol. The second-order valence-corrected chi connectivity index (χ2v) is 7.80. The number of rotatable bonds is 8. The summed E-state index contributed by atoms with van der Waals surface area (Å²) in [5.41, 5.74) is 1.52. The average Bonchev–Trinajstić information content (AvgIpc) is 3.37. The number of benzene rings is 2. The fraction of sp³-hybridized carbons (Fsp3) is 0.320. The first-order valence-corrected chi connectivity index (χ1v) is 10.9. The molecule has 172 valence electrons. The molecule has 2 heterocycles. The number of methoxy groups -OCH3 is 2. The molecule has 0 aliphatic carbocycles. The van der Waals surface area contributed by atoms with E-state index in [4.69, 9.17) is 14.3 Å². The highest BCUT2D eigenvalue weighted by Crippen LogP contribution is 2.33. The van der Waals surface area contributed by atoms with E-state index < -0.39 is 6.23 Å². The lowest BCUT2D eigenvalue weighted by Gasteiger charge is -2.32. The van der Waals surface area contributed by atoms with Gasteiger partial charge < -0.3 is 19.2 Å². The molecule has 8 nitrogen and oxygen atoms in total. The molecule has 0 aromatic heterocycles. The fourth-order valence-electron chi connectivity index (χ4n) is 4.00. The molecule has 1 fully saturated rings. The fourth-order valence-corrected chi connectivity index (χ4v) is 4.00. The van der Waals surface area contributed by atoms with Gasteiger partial charge in [0, 0.05) is 30.8 Å². The van der Waals surface area contributed by atoms with Gasteiger partial charge in [-0.15, -0.1) is 0 Å². The normalized spacial score (nSPS) is 18.1. The molecule has 4 rings (SSSR count). The minimum absolute atomic E-state index is 0.221. The number of ketones is 2. The summed E-state index contributed by atoms with van der Waals surface area (Å²) in [6, 6.07) is 14.2. The zero-order chi connectivity index (χ0) is 23.2. The van der Waals surface area contributed by atoms with Gasteiger partial charge in [0.25, 0.3) is 6.23 Å². The molecule has 0 radical (unpaired) electrons. The van der Waals surface area contributed by atoms with Crippen LogP contribution in [0.3, 0.4) is 0 Å². The van der Waals surface area contributed by atoms with E-state index in [1.165, 1.54) is 12.4 Å². The summed E-state index contributed by atoms with van der Waals surface area (Å²) in [4.78, 5) is 35.7. The van der Waals surface area contributed by atoms with Gasteiger partial charge in [-0.05, 0) is 31.4 Å². The second-order valence-electron chi connectivity index (χ2n) is 7.80. The van der Waals surface area contributed by atoms with Crippen molar-refractivity contribution in [3.05, 3.63) is 65.9 Å². The number of nitrogens with zero attached hydrogens (tertiary/aromatic N) is 3. The number of allylic oxidation sites excluding steroid dienone is 1. The lowest BCUT2D eigenvalue weighted by Crippen LogP contribution is -2.43. The van der Waals surface area contributed by atoms with E-state index in [-0.39, 0.29) is 11.6 Å². The number of oxime groups is 1. The third-order valence-corrected chi connectivity index (χ3v) is 5.75. The zero-order valence-electron chi connectivity index (χ0n) is 18.8. The highest BCUT2D eigenvalue weighted by atomic mass is 16.7. The minimum Gasteiger partial charge on any atom is -0.493 e. The van der Waals surface area contributed by atoms with Crippen molar-refractivity contribution in [1.29, 1.82) is 0 Å². The van der Waals surface area contributed by atoms with Crippen LogP contribution in [-0.2, 0) is 9.63 Å². The molecule has 8 heteroatoms. The van der Waals surface area contributed by atoms with Gasteiger partial charge in [0.15, 0.2) is 17.3 Å². The van der Waals surface area contributed by atoms with Crippen LogP contribution in [0.1, 0.15) is 29.6 Å². The third kappa shape index (κ3) is 4.84. The monoisotopic (exact) mass is 449 g/mol. The van der Waals surface area contributed by atoms with Crippen molar-refractivity contribution in [3.63, 3.8) is 0 Å². The lowest BCUT2D eigenvalue weighted by atomic mass is 10.0. The number of hydrogen-bond acceptors (Lipinski definition) is 8.